The highest BCUT2D eigenvalue weighted by molar-refractivity contribution is 5.79. The van der Waals surface area contributed by atoms with Gasteiger partial charge in [-0.3, -0.25) is 9.67 Å². The van der Waals surface area contributed by atoms with Gasteiger partial charge < -0.3 is 20.1 Å². The number of aryl methyl sites for hydroxylation is 1. The first-order valence-electron chi connectivity index (χ1n) is 10.9. The van der Waals surface area contributed by atoms with E-state index in [9.17, 15) is 0 Å². The van der Waals surface area contributed by atoms with Crippen LogP contribution in [0.4, 0.5) is 0 Å². The SMILES string of the molecule is CN=C(NCCCOCC1CCCO1)NCc1c(C)nn(Cc2ccccc2)c1C. The Morgan fingerprint density at radius 3 is 2.83 bits per heavy atom. The van der Waals surface area contributed by atoms with E-state index >= 15 is 0 Å². The highest BCUT2D eigenvalue weighted by Crippen LogP contribution is 2.15. The third-order valence-corrected chi connectivity index (χ3v) is 5.45. The van der Waals surface area contributed by atoms with Crippen LogP contribution in [-0.4, -0.2) is 55.3 Å². The van der Waals surface area contributed by atoms with E-state index in [4.69, 9.17) is 14.6 Å². The smallest absolute Gasteiger partial charge is 0.191 e. The molecule has 7 heteroatoms. The maximum atomic E-state index is 5.71. The van der Waals surface area contributed by atoms with Crippen molar-refractivity contribution in [2.24, 2.45) is 4.99 Å². The number of guanidine groups is 1. The Labute approximate surface area is 179 Å². The minimum atomic E-state index is 0.293. The zero-order valence-electron chi connectivity index (χ0n) is 18.5. The molecule has 164 valence electrons. The number of aliphatic imine (C=N–C) groups is 1. The Kier molecular flexibility index (Phi) is 8.71. The van der Waals surface area contributed by atoms with Gasteiger partial charge in [0.1, 0.15) is 0 Å². The molecule has 1 atom stereocenters. The number of benzene rings is 1. The molecular formula is C23H35N5O2. The molecule has 2 N–H and O–H groups in total. The van der Waals surface area contributed by atoms with E-state index in [-0.39, 0.29) is 0 Å². The fraction of sp³-hybridized carbons (Fsp3) is 0.565. The van der Waals surface area contributed by atoms with Crippen LogP contribution >= 0.6 is 0 Å². The molecule has 0 radical (unpaired) electrons. The fourth-order valence-electron chi connectivity index (χ4n) is 3.66. The van der Waals surface area contributed by atoms with Crippen molar-refractivity contribution in [1.82, 2.24) is 20.4 Å². The number of ether oxygens (including phenoxy) is 2. The van der Waals surface area contributed by atoms with Crippen molar-refractivity contribution < 1.29 is 9.47 Å². The summed E-state index contributed by atoms with van der Waals surface area (Å²) in [5.74, 6) is 0.795. The number of nitrogens with zero attached hydrogens (tertiary/aromatic N) is 3. The van der Waals surface area contributed by atoms with Crippen molar-refractivity contribution in [2.75, 3.05) is 33.4 Å². The predicted molar refractivity (Wildman–Crippen MR) is 120 cm³/mol. The van der Waals surface area contributed by atoms with Crippen LogP contribution in [0.15, 0.2) is 35.3 Å². The molecule has 30 heavy (non-hydrogen) atoms. The molecule has 1 aliphatic heterocycles. The Morgan fingerprint density at radius 2 is 2.10 bits per heavy atom. The Bertz CT molecular complexity index is 797. The molecule has 0 aliphatic carbocycles. The van der Waals surface area contributed by atoms with Gasteiger partial charge >= 0.3 is 0 Å². The molecule has 0 spiro atoms. The molecule has 1 saturated heterocycles. The average Bonchev–Trinajstić information content (AvgIpc) is 3.36. The van der Waals surface area contributed by atoms with E-state index in [1.807, 2.05) is 6.07 Å². The lowest BCUT2D eigenvalue weighted by Gasteiger charge is -2.13. The molecule has 7 nitrogen and oxygen atoms in total. The van der Waals surface area contributed by atoms with Crippen LogP contribution in [0, 0.1) is 13.8 Å². The molecule has 1 aliphatic rings. The molecule has 1 unspecified atom stereocenters. The molecule has 2 aromatic rings. The molecule has 0 bridgehead atoms. The Balaban J connectivity index is 1.40. The number of rotatable bonds is 10. The van der Waals surface area contributed by atoms with Gasteiger partial charge in [-0.25, -0.2) is 0 Å². The standard InChI is InChI=1S/C23H35N5O2/c1-18-22(19(2)28(27-18)16-20-9-5-4-6-10-20)15-26-23(24-3)25-12-8-13-29-17-21-11-7-14-30-21/h4-6,9-10,21H,7-8,11-17H2,1-3H3,(H2,24,25,26). The Hall–Kier alpha value is -2.38. The lowest BCUT2D eigenvalue weighted by molar-refractivity contribution is 0.0168. The van der Waals surface area contributed by atoms with Crippen molar-refractivity contribution in [3.8, 4) is 0 Å². The first-order valence-corrected chi connectivity index (χ1v) is 10.9. The van der Waals surface area contributed by atoms with Crippen LogP contribution in [-0.2, 0) is 22.6 Å². The van der Waals surface area contributed by atoms with Crippen molar-refractivity contribution in [3.63, 3.8) is 0 Å². The summed E-state index contributed by atoms with van der Waals surface area (Å²) in [6.45, 7) is 8.80. The van der Waals surface area contributed by atoms with Gasteiger partial charge in [0.15, 0.2) is 5.96 Å². The highest BCUT2D eigenvalue weighted by Gasteiger charge is 2.15. The third kappa shape index (κ3) is 6.57. The van der Waals surface area contributed by atoms with Gasteiger partial charge in [-0.2, -0.15) is 5.10 Å². The van der Waals surface area contributed by atoms with Gasteiger partial charge in [0, 0.05) is 44.6 Å². The summed E-state index contributed by atoms with van der Waals surface area (Å²) in [5.41, 5.74) is 4.70. The maximum absolute atomic E-state index is 5.71. The van der Waals surface area contributed by atoms with Gasteiger partial charge in [0.25, 0.3) is 0 Å². The van der Waals surface area contributed by atoms with E-state index < -0.39 is 0 Å². The van der Waals surface area contributed by atoms with Crippen LogP contribution in [0.3, 0.4) is 0 Å². The van der Waals surface area contributed by atoms with Crippen LogP contribution in [0.2, 0.25) is 0 Å². The minimum absolute atomic E-state index is 0.293. The molecule has 1 aromatic carbocycles. The summed E-state index contributed by atoms with van der Waals surface area (Å²) in [5, 5.41) is 11.5. The van der Waals surface area contributed by atoms with E-state index in [0.29, 0.717) is 19.3 Å². The van der Waals surface area contributed by atoms with Crippen LogP contribution in [0.25, 0.3) is 0 Å². The lowest BCUT2D eigenvalue weighted by atomic mass is 10.2. The quantitative estimate of drug-likeness (QED) is 0.356. The van der Waals surface area contributed by atoms with Crippen molar-refractivity contribution >= 4 is 5.96 Å². The second kappa shape index (κ2) is 11.7. The zero-order chi connectivity index (χ0) is 21.2. The van der Waals surface area contributed by atoms with Crippen LogP contribution in [0.1, 0.15) is 41.8 Å². The zero-order valence-corrected chi connectivity index (χ0v) is 18.5. The monoisotopic (exact) mass is 413 g/mol. The number of hydrogen-bond acceptors (Lipinski definition) is 4. The molecule has 3 rings (SSSR count). The third-order valence-electron chi connectivity index (χ3n) is 5.45. The van der Waals surface area contributed by atoms with Crippen LogP contribution < -0.4 is 10.6 Å². The predicted octanol–water partition coefficient (Wildman–Crippen LogP) is 2.80. The molecule has 1 fully saturated rings. The lowest BCUT2D eigenvalue weighted by Crippen LogP contribution is -2.37. The second-order valence-electron chi connectivity index (χ2n) is 7.71. The maximum Gasteiger partial charge on any atom is 0.191 e. The normalized spacial score (nSPS) is 16.8. The van der Waals surface area contributed by atoms with Crippen molar-refractivity contribution in [2.45, 2.75) is 52.3 Å². The van der Waals surface area contributed by atoms with Gasteiger partial charge in [-0.05, 0) is 38.7 Å². The Morgan fingerprint density at radius 1 is 1.27 bits per heavy atom. The average molecular weight is 414 g/mol. The number of hydrogen-bond donors (Lipinski definition) is 2. The van der Waals surface area contributed by atoms with Crippen molar-refractivity contribution in [3.05, 3.63) is 52.8 Å². The topological polar surface area (TPSA) is 72.7 Å². The van der Waals surface area contributed by atoms with Gasteiger partial charge in [0.05, 0.1) is 24.9 Å². The molecule has 0 amide bonds. The molecular weight excluding hydrogens is 378 g/mol. The van der Waals surface area contributed by atoms with E-state index in [1.165, 1.54) is 16.8 Å². The summed E-state index contributed by atoms with van der Waals surface area (Å²) in [4.78, 5) is 4.32. The minimum Gasteiger partial charge on any atom is -0.379 e. The largest absolute Gasteiger partial charge is 0.379 e. The fourth-order valence-corrected chi connectivity index (χ4v) is 3.66. The summed E-state index contributed by atoms with van der Waals surface area (Å²) in [7, 11) is 1.79. The van der Waals surface area contributed by atoms with Crippen molar-refractivity contribution in [1.29, 1.82) is 0 Å². The molecule has 2 heterocycles. The summed E-state index contributed by atoms with van der Waals surface area (Å²) in [6, 6.07) is 10.4. The first kappa shape index (κ1) is 22.3. The summed E-state index contributed by atoms with van der Waals surface area (Å²) < 4.78 is 13.3. The first-order chi connectivity index (χ1) is 14.7. The van der Waals surface area contributed by atoms with Gasteiger partial charge in [-0.1, -0.05) is 30.3 Å². The van der Waals surface area contributed by atoms with E-state index in [1.54, 1.807) is 7.05 Å². The van der Waals surface area contributed by atoms with Gasteiger partial charge in [0.2, 0.25) is 0 Å². The van der Waals surface area contributed by atoms with Gasteiger partial charge in [-0.15, -0.1) is 0 Å². The summed E-state index contributed by atoms with van der Waals surface area (Å²) in [6.07, 6.45) is 3.50. The number of nitrogens with one attached hydrogen (secondary N) is 2. The van der Waals surface area contributed by atoms with E-state index in [2.05, 4.69) is 58.4 Å². The second-order valence-corrected chi connectivity index (χ2v) is 7.71. The van der Waals surface area contributed by atoms with E-state index in [0.717, 1.165) is 57.2 Å². The number of aromatic nitrogens is 2. The highest BCUT2D eigenvalue weighted by atomic mass is 16.5. The summed E-state index contributed by atoms with van der Waals surface area (Å²) >= 11 is 0. The molecule has 1 aromatic heterocycles. The molecule has 0 saturated carbocycles. The van der Waals surface area contributed by atoms with Crippen LogP contribution in [0.5, 0.6) is 0 Å².